The number of nitrogens with one attached hydrogen (secondary N) is 1. The Labute approximate surface area is 239 Å². The number of alkyl carbamates (subject to hydrolysis) is 1. The van der Waals surface area contributed by atoms with Gasteiger partial charge in [0.25, 0.3) is 0 Å². The van der Waals surface area contributed by atoms with Crippen LogP contribution in [0, 0.1) is 5.92 Å². The van der Waals surface area contributed by atoms with Gasteiger partial charge >= 0.3 is 30.7 Å². The van der Waals surface area contributed by atoms with Gasteiger partial charge in [0, 0.05) is 6.42 Å². The van der Waals surface area contributed by atoms with Crippen LogP contribution in [0.25, 0.3) is 0 Å². The number of fused-ring (bicyclic) bond motifs is 1. The zero-order valence-corrected chi connectivity index (χ0v) is 22.6. The molecule has 1 saturated carbocycles. The van der Waals surface area contributed by atoms with Gasteiger partial charge in [-0.1, -0.05) is 13.3 Å². The first-order valence-corrected chi connectivity index (χ1v) is 13.3. The number of hydrogen-bond donors (Lipinski definition) is 2. The maximum atomic E-state index is 13.6. The van der Waals surface area contributed by atoms with E-state index in [0.29, 0.717) is 37.8 Å². The van der Waals surface area contributed by atoms with Crippen LogP contribution < -0.4 is 10.2 Å². The van der Waals surface area contributed by atoms with E-state index >= 15 is 0 Å². The van der Waals surface area contributed by atoms with E-state index in [9.17, 15) is 54.2 Å². The third-order valence-corrected chi connectivity index (χ3v) is 7.75. The predicted molar refractivity (Wildman–Crippen MR) is 134 cm³/mol. The number of carbonyl (C=O) groups excluding carboxylic acids is 1. The number of hydrogen-bond acceptors (Lipinski definition) is 3. The number of rotatable bonds is 7. The molecular formula is C28H27F9N2O4. The summed E-state index contributed by atoms with van der Waals surface area (Å²) in [6.45, 7) is 1.18. The summed E-state index contributed by atoms with van der Waals surface area (Å²) in [6.07, 6.45) is -15.8. The van der Waals surface area contributed by atoms with Crippen LogP contribution in [0.3, 0.4) is 0 Å². The standard InChI is InChI=1S/C28H27F9N2O4/c1-2-8-25(16-3-4-16)14-21(20-13-17(26(29,30)31)5-6-22(20)39(25)24(41)42)38-23(40)43-9-7-15-10-18(27(32,33)34)12-19(11-15)28(35,36)37/h5-6,10-13,16,21H,2-4,7-9,14H2,1H3,(H,38,40)(H,41,42)/t21-,25-/m0/s1. The Bertz CT molecular complexity index is 1340. The fourth-order valence-electron chi connectivity index (χ4n) is 5.86. The molecule has 2 N–H and O–H groups in total. The van der Waals surface area contributed by atoms with Crippen LogP contribution in [-0.4, -0.2) is 29.4 Å². The van der Waals surface area contributed by atoms with E-state index in [1.165, 1.54) is 0 Å². The monoisotopic (exact) mass is 626 g/mol. The van der Waals surface area contributed by atoms with Crippen molar-refractivity contribution in [2.75, 3.05) is 11.5 Å². The van der Waals surface area contributed by atoms with E-state index in [1.54, 1.807) is 0 Å². The number of carbonyl (C=O) groups is 2. The first-order chi connectivity index (χ1) is 19.9. The summed E-state index contributed by atoms with van der Waals surface area (Å²) in [5.74, 6) is -0.108. The Morgan fingerprint density at radius 3 is 2.00 bits per heavy atom. The van der Waals surface area contributed by atoms with E-state index < -0.39 is 77.6 Å². The molecule has 2 amide bonds. The number of anilines is 1. The molecule has 4 rings (SSSR count). The van der Waals surface area contributed by atoms with Crippen LogP contribution in [0.1, 0.15) is 72.9 Å². The van der Waals surface area contributed by atoms with Crippen molar-refractivity contribution in [3.05, 3.63) is 64.2 Å². The molecule has 0 spiro atoms. The molecule has 6 nitrogen and oxygen atoms in total. The van der Waals surface area contributed by atoms with Gasteiger partial charge in [-0.15, -0.1) is 0 Å². The van der Waals surface area contributed by atoms with Gasteiger partial charge in [0.2, 0.25) is 0 Å². The normalized spacial score (nSPS) is 20.9. The van der Waals surface area contributed by atoms with Gasteiger partial charge in [0.1, 0.15) is 0 Å². The highest BCUT2D eigenvalue weighted by Gasteiger charge is 2.55. The van der Waals surface area contributed by atoms with Crippen LogP contribution in [0.5, 0.6) is 0 Å². The van der Waals surface area contributed by atoms with Crippen LogP contribution in [-0.2, 0) is 29.7 Å². The van der Waals surface area contributed by atoms with E-state index in [1.807, 2.05) is 6.92 Å². The maximum absolute atomic E-state index is 13.6. The first-order valence-electron chi connectivity index (χ1n) is 13.3. The predicted octanol–water partition coefficient (Wildman–Crippen LogP) is 8.59. The van der Waals surface area contributed by atoms with E-state index in [-0.39, 0.29) is 29.7 Å². The molecule has 0 aromatic heterocycles. The van der Waals surface area contributed by atoms with Crippen molar-refractivity contribution in [1.29, 1.82) is 0 Å². The van der Waals surface area contributed by atoms with Crippen molar-refractivity contribution in [2.45, 2.75) is 75.6 Å². The average Bonchev–Trinajstić information content (AvgIpc) is 3.73. The molecule has 0 unspecified atom stereocenters. The fourth-order valence-corrected chi connectivity index (χ4v) is 5.86. The highest BCUT2D eigenvalue weighted by Crippen LogP contribution is 2.55. The van der Waals surface area contributed by atoms with Gasteiger partial charge in [-0.05, 0) is 79.1 Å². The lowest BCUT2D eigenvalue weighted by Gasteiger charge is -2.50. The van der Waals surface area contributed by atoms with Crippen molar-refractivity contribution in [3.63, 3.8) is 0 Å². The SMILES string of the molecule is CCC[C@@]1(C2CC2)C[C@H](NC(=O)OCCc2cc(C(F)(F)F)cc(C(F)(F)F)c2)c2cc(C(F)(F)F)ccc2N1C(=O)O. The second-order valence-corrected chi connectivity index (χ2v) is 10.7. The summed E-state index contributed by atoms with van der Waals surface area (Å²) >= 11 is 0. The zero-order chi connectivity index (χ0) is 32.0. The van der Waals surface area contributed by atoms with Crippen molar-refractivity contribution in [2.24, 2.45) is 5.92 Å². The Morgan fingerprint density at radius 2 is 1.51 bits per heavy atom. The lowest BCUT2D eigenvalue weighted by molar-refractivity contribution is -0.143. The molecule has 0 radical (unpaired) electrons. The minimum Gasteiger partial charge on any atom is -0.465 e. The second-order valence-electron chi connectivity index (χ2n) is 10.7. The number of amides is 2. The second kappa shape index (κ2) is 11.5. The average molecular weight is 627 g/mol. The lowest BCUT2D eigenvalue weighted by Crippen LogP contribution is -2.58. The molecule has 2 atom stereocenters. The first kappa shape index (κ1) is 32.3. The van der Waals surface area contributed by atoms with Crippen molar-refractivity contribution in [1.82, 2.24) is 5.32 Å². The molecule has 1 heterocycles. The van der Waals surface area contributed by atoms with Gasteiger partial charge < -0.3 is 15.2 Å². The van der Waals surface area contributed by atoms with E-state index in [2.05, 4.69) is 5.32 Å². The Balaban J connectivity index is 1.59. The molecule has 2 aliphatic rings. The van der Waals surface area contributed by atoms with E-state index in [0.717, 1.165) is 23.1 Å². The molecule has 2 aromatic carbocycles. The molecule has 0 bridgehead atoms. The van der Waals surface area contributed by atoms with Crippen LogP contribution >= 0.6 is 0 Å². The van der Waals surface area contributed by atoms with Gasteiger partial charge in [-0.2, -0.15) is 39.5 Å². The number of benzene rings is 2. The maximum Gasteiger partial charge on any atom is 0.416 e. The highest BCUT2D eigenvalue weighted by molar-refractivity contribution is 5.90. The lowest BCUT2D eigenvalue weighted by atomic mass is 9.74. The number of nitrogens with zero attached hydrogens (tertiary/aromatic N) is 1. The summed E-state index contributed by atoms with van der Waals surface area (Å²) in [6, 6.07) is 2.39. The summed E-state index contributed by atoms with van der Waals surface area (Å²) in [5, 5.41) is 12.6. The van der Waals surface area contributed by atoms with Crippen molar-refractivity contribution in [3.8, 4) is 0 Å². The summed E-state index contributed by atoms with van der Waals surface area (Å²) in [4.78, 5) is 26.3. The molecule has 1 aliphatic carbocycles. The summed E-state index contributed by atoms with van der Waals surface area (Å²) in [7, 11) is 0. The quantitative estimate of drug-likeness (QED) is 0.302. The number of carboxylic acid groups (broad SMARTS) is 1. The molecule has 2 aromatic rings. The minimum absolute atomic E-state index is 0.0268. The van der Waals surface area contributed by atoms with Crippen LogP contribution in [0.4, 0.5) is 54.8 Å². The Kier molecular flexibility index (Phi) is 8.59. The largest absolute Gasteiger partial charge is 0.465 e. The molecular weight excluding hydrogens is 599 g/mol. The van der Waals surface area contributed by atoms with Crippen LogP contribution in [0.2, 0.25) is 0 Å². The van der Waals surface area contributed by atoms with Crippen LogP contribution in [0.15, 0.2) is 36.4 Å². The minimum atomic E-state index is -5.06. The van der Waals surface area contributed by atoms with Gasteiger partial charge in [0.15, 0.2) is 0 Å². The highest BCUT2D eigenvalue weighted by atomic mass is 19.4. The summed E-state index contributed by atoms with van der Waals surface area (Å²) < 4.78 is 125. The Morgan fingerprint density at radius 1 is 0.930 bits per heavy atom. The van der Waals surface area contributed by atoms with E-state index in [4.69, 9.17) is 4.74 Å². The zero-order valence-electron chi connectivity index (χ0n) is 22.6. The van der Waals surface area contributed by atoms with Gasteiger partial charge in [-0.25, -0.2) is 9.59 Å². The Hall–Kier alpha value is -3.65. The van der Waals surface area contributed by atoms with Crippen molar-refractivity contribution < 1.29 is 58.9 Å². The molecule has 15 heteroatoms. The van der Waals surface area contributed by atoms with Gasteiger partial charge in [-0.3, -0.25) is 4.90 Å². The number of alkyl halides is 9. The molecule has 1 fully saturated rings. The topological polar surface area (TPSA) is 78.9 Å². The fraction of sp³-hybridized carbons (Fsp3) is 0.500. The molecule has 0 saturated heterocycles. The number of halogens is 9. The van der Waals surface area contributed by atoms with Gasteiger partial charge in [0.05, 0.1) is 40.6 Å². The third-order valence-electron chi connectivity index (χ3n) is 7.75. The molecule has 236 valence electrons. The third kappa shape index (κ3) is 6.96. The summed E-state index contributed by atoms with van der Waals surface area (Å²) in [5.41, 5.74) is -5.71. The number of ether oxygens (including phenoxy) is 1. The van der Waals surface area contributed by atoms with Crippen molar-refractivity contribution >= 4 is 17.9 Å². The molecule has 1 aliphatic heterocycles. The smallest absolute Gasteiger partial charge is 0.416 e. The molecule has 43 heavy (non-hydrogen) atoms.